The molecular weight excluding hydrogens is 448 g/mol. The average molecular weight is 485 g/mol. The van der Waals surface area contributed by atoms with Crippen LogP contribution >= 0.6 is 0 Å². The largest absolute Gasteiger partial charge is 0.368 e. The number of fused-ring (bicyclic) bond motifs is 1. The molecule has 8 heteroatoms. The smallest absolute Gasteiger partial charge is 0.243 e. The molecule has 0 spiro atoms. The van der Waals surface area contributed by atoms with Gasteiger partial charge in [-0.1, -0.05) is 38.1 Å². The van der Waals surface area contributed by atoms with Crippen LogP contribution in [0.2, 0.25) is 0 Å². The molecule has 1 atom stereocenters. The van der Waals surface area contributed by atoms with Crippen molar-refractivity contribution in [2.24, 2.45) is 0 Å². The summed E-state index contributed by atoms with van der Waals surface area (Å²) >= 11 is 0. The van der Waals surface area contributed by atoms with E-state index < -0.39 is 10.0 Å². The molecule has 2 aromatic rings. The van der Waals surface area contributed by atoms with Crippen molar-refractivity contribution in [1.29, 1.82) is 0 Å². The maximum Gasteiger partial charge on any atom is 0.243 e. The molecule has 1 amide bonds. The Morgan fingerprint density at radius 1 is 1.06 bits per heavy atom. The topological polar surface area (TPSA) is 81.8 Å². The number of aryl methyl sites for hydroxylation is 1. The first-order valence-electron chi connectivity index (χ1n) is 12.4. The van der Waals surface area contributed by atoms with Gasteiger partial charge >= 0.3 is 0 Å². The lowest BCUT2D eigenvalue weighted by atomic mass is 9.88. The minimum Gasteiger partial charge on any atom is -0.368 e. The molecule has 34 heavy (non-hydrogen) atoms. The fourth-order valence-corrected chi connectivity index (χ4v) is 6.45. The Kier molecular flexibility index (Phi) is 7.91. The van der Waals surface area contributed by atoms with E-state index in [1.165, 1.54) is 5.56 Å². The van der Waals surface area contributed by atoms with Crippen molar-refractivity contribution in [2.45, 2.75) is 56.9 Å². The van der Waals surface area contributed by atoms with Crippen molar-refractivity contribution in [2.75, 3.05) is 42.9 Å². The van der Waals surface area contributed by atoms with Crippen molar-refractivity contribution in [3.05, 3.63) is 53.6 Å². The molecule has 2 aromatic carbocycles. The number of sulfonamides is 1. The summed E-state index contributed by atoms with van der Waals surface area (Å²) in [5.41, 5.74) is 3.47. The number of nitrogens with zero attached hydrogens (tertiary/aromatic N) is 2. The van der Waals surface area contributed by atoms with Gasteiger partial charge in [0.25, 0.3) is 0 Å². The summed E-state index contributed by atoms with van der Waals surface area (Å²) in [5, 5.41) is 2.86. The van der Waals surface area contributed by atoms with Gasteiger partial charge < -0.3 is 15.1 Å². The second-order valence-corrected chi connectivity index (χ2v) is 10.8. The number of nitrogens with one attached hydrogen (secondary N) is 2. The Labute approximate surface area is 203 Å². The molecule has 0 aromatic heterocycles. The molecule has 2 N–H and O–H groups in total. The number of rotatable bonds is 8. The molecule has 0 bridgehead atoms. The minimum atomic E-state index is -3.83. The molecule has 4 rings (SSSR count). The van der Waals surface area contributed by atoms with E-state index in [4.69, 9.17) is 0 Å². The van der Waals surface area contributed by atoms with Gasteiger partial charge in [-0.3, -0.25) is 4.79 Å². The lowest BCUT2D eigenvalue weighted by Gasteiger charge is -2.36. The van der Waals surface area contributed by atoms with Crippen LogP contribution in [-0.2, 0) is 21.2 Å². The number of likely N-dealkylation sites (N-methyl/N-ethyl adjacent to an activating group) is 1. The number of anilines is 2. The van der Waals surface area contributed by atoms with Crippen LogP contribution in [0.15, 0.2) is 47.4 Å². The summed E-state index contributed by atoms with van der Waals surface area (Å²) in [6.45, 7) is 8.41. The third-order valence-electron chi connectivity index (χ3n) is 6.84. The lowest BCUT2D eigenvalue weighted by Crippen LogP contribution is -2.46. The van der Waals surface area contributed by atoms with Crippen molar-refractivity contribution in [3.8, 4) is 0 Å². The van der Waals surface area contributed by atoms with E-state index in [0.29, 0.717) is 17.8 Å². The third-order valence-corrected chi connectivity index (χ3v) is 8.34. The van der Waals surface area contributed by atoms with Crippen LogP contribution < -0.4 is 14.9 Å². The number of hydrogen-bond acceptors (Lipinski definition) is 5. The van der Waals surface area contributed by atoms with Gasteiger partial charge in [0.15, 0.2) is 0 Å². The zero-order chi connectivity index (χ0) is 24.1. The first kappa shape index (κ1) is 24.7. The van der Waals surface area contributed by atoms with Crippen molar-refractivity contribution in [3.63, 3.8) is 0 Å². The molecule has 0 radical (unpaired) electrons. The average Bonchev–Trinajstić information content (AvgIpc) is 2.84. The van der Waals surface area contributed by atoms with Gasteiger partial charge in [0, 0.05) is 44.3 Å². The first-order valence-corrected chi connectivity index (χ1v) is 13.9. The number of benzene rings is 2. The predicted molar refractivity (Wildman–Crippen MR) is 137 cm³/mol. The molecule has 1 saturated heterocycles. The predicted octanol–water partition coefficient (Wildman–Crippen LogP) is 3.92. The van der Waals surface area contributed by atoms with Gasteiger partial charge in [0.2, 0.25) is 15.9 Å². The van der Waals surface area contributed by atoms with Gasteiger partial charge in [0.1, 0.15) is 4.90 Å². The Hall–Kier alpha value is -2.42. The molecule has 0 unspecified atom stereocenters. The summed E-state index contributed by atoms with van der Waals surface area (Å²) < 4.78 is 30.6. The molecule has 1 fully saturated rings. The van der Waals surface area contributed by atoms with Crippen LogP contribution in [-0.4, -0.2) is 51.9 Å². The summed E-state index contributed by atoms with van der Waals surface area (Å²) in [6, 6.07) is 13.1. The first-order chi connectivity index (χ1) is 16.4. The van der Waals surface area contributed by atoms with E-state index in [1.807, 2.05) is 37.3 Å². The molecule has 1 aliphatic heterocycles. The number of piperazine rings is 1. The summed E-state index contributed by atoms with van der Waals surface area (Å²) in [4.78, 5) is 16.9. The van der Waals surface area contributed by atoms with E-state index in [1.54, 1.807) is 6.07 Å². The van der Waals surface area contributed by atoms with E-state index in [9.17, 15) is 13.2 Å². The van der Waals surface area contributed by atoms with Crippen molar-refractivity contribution >= 4 is 27.3 Å². The Morgan fingerprint density at radius 3 is 2.56 bits per heavy atom. The molecule has 2 aliphatic rings. The highest BCUT2D eigenvalue weighted by molar-refractivity contribution is 7.89. The van der Waals surface area contributed by atoms with E-state index in [2.05, 4.69) is 32.8 Å². The monoisotopic (exact) mass is 484 g/mol. The zero-order valence-electron chi connectivity index (χ0n) is 20.2. The maximum atomic E-state index is 13.8. The number of amides is 1. The minimum absolute atomic E-state index is 0.107. The Bertz CT molecular complexity index is 1110. The van der Waals surface area contributed by atoms with Crippen LogP contribution in [0, 0.1) is 0 Å². The Morgan fingerprint density at radius 2 is 1.82 bits per heavy atom. The van der Waals surface area contributed by atoms with E-state index in [0.717, 1.165) is 64.0 Å². The van der Waals surface area contributed by atoms with Crippen molar-refractivity contribution < 1.29 is 13.2 Å². The van der Waals surface area contributed by atoms with E-state index in [-0.39, 0.29) is 16.8 Å². The fourth-order valence-electron chi connectivity index (χ4n) is 4.95. The maximum absolute atomic E-state index is 13.8. The second-order valence-electron chi connectivity index (χ2n) is 9.17. The Balaban J connectivity index is 1.66. The third kappa shape index (κ3) is 5.62. The molecule has 184 valence electrons. The van der Waals surface area contributed by atoms with Gasteiger partial charge in [-0.05, 0) is 61.6 Å². The second kappa shape index (κ2) is 10.9. The van der Waals surface area contributed by atoms with Crippen molar-refractivity contribution in [1.82, 2.24) is 9.62 Å². The van der Waals surface area contributed by atoms with Crippen LogP contribution in [0.3, 0.4) is 0 Å². The molecule has 1 heterocycles. The van der Waals surface area contributed by atoms with Gasteiger partial charge in [0.05, 0.1) is 5.69 Å². The highest BCUT2D eigenvalue weighted by Gasteiger charge is 2.30. The SMILES string of the molecule is CCCC(=O)Nc1ccc(N2CCN(CC)CC2)c(S(=O)(=O)N[C@@H]2CCCc3ccccc32)c1. The van der Waals surface area contributed by atoms with Crippen LogP contribution in [0.4, 0.5) is 11.4 Å². The number of carbonyl (C=O) groups excluding carboxylic acids is 1. The fraction of sp³-hybridized carbons (Fsp3) is 0.500. The molecule has 1 aliphatic carbocycles. The van der Waals surface area contributed by atoms with Gasteiger partial charge in [-0.25, -0.2) is 13.1 Å². The number of hydrogen-bond donors (Lipinski definition) is 2. The highest BCUT2D eigenvalue weighted by atomic mass is 32.2. The molecular formula is C26H36N4O3S. The standard InChI is InChI=1S/C26H36N4O3S/c1-3-8-26(31)27-21-13-14-24(30-17-15-29(4-2)16-18-30)25(19-21)34(32,33)28-23-12-7-10-20-9-5-6-11-22(20)23/h5-6,9,11,13-14,19,23,28H,3-4,7-8,10,12,15-18H2,1-2H3,(H,27,31)/t23-/m1/s1. The molecule has 0 saturated carbocycles. The quantitative estimate of drug-likeness (QED) is 0.594. The van der Waals surface area contributed by atoms with Crippen LogP contribution in [0.25, 0.3) is 0 Å². The van der Waals surface area contributed by atoms with E-state index >= 15 is 0 Å². The number of carbonyl (C=O) groups is 1. The normalized spacial score (nSPS) is 19.0. The summed E-state index contributed by atoms with van der Waals surface area (Å²) in [6.07, 6.45) is 3.83. The van der Waals surface area contributed by atoms with Crippen LogP contribution in [0.1, 0.15) is 56.7 Å². The lowest BCUT2D eigenvalue weighted by molar-refractivity contribution is -0.116. The molecule has 7 nitrogen and oxygen atoms in total. The highest BCUT2D eigenvalue weighted by Crippen LogP contribution is 2.34. The van der Waals surface area contributed by atoms with Crippen LogP contribution in [0.5, 0.6) is 0 Å². The van der Waals surface area contributed by atoms with Gasteiger partial charge in [-0.15, -0.1) is 0 Å². The summed E-state index contributed by atoms with van der Waals surface area (Å²) in [5.74, 6) is -0.107. The van der Waals surface area contributed by atoms with Gasteiger partial charge in [-0.2, -0.15) is 0 Å². The summed E-state index contributed by atoms with van der Waals surface area (Å²) in [7, 11) is -3.83. The zero-order valence-corrected chi connectivity index (χ0v) is 21.0.